The van der Waals surface area contributed by atoms with Crippen molar-refractivity contribution in [2.24, 2.45) is 5.41 Å². The van der Waals surface area contributed by atoms with Crippen molar-refractivity contribution in [2.75, 3.05) is 20.3 Å². The highest BCUT2D eigenvalue weighted by molar-refractivity contribution is 5.97. The van der Waals surface area contributed by atoms with Gasteiger partial charge in [0.05, 0.1) is 13.2 Å². The van der Waals surface area contributed by atoms with Gasteiger partial charge in [-0.05, 0) is 61.4 Å². The highest BCUT2D eigenvalue weighted by Gasteiger charge is 2.67. The number of carboxylic acid groups (broad SMARTS) is 1. The summed E-state index contributed by atoms with van der Waals surface area (Å²) in [6, 6.07) is 10.7. The number of hydrogen-bond acceptors (Lipinski definition) is 5. The molecule has 2 amide bonds. The average molecular weight is 442 g/mol. The molecule has 2 N–H and O–H groups in total. The van der Waals surface area contributed by atoms with Crippen molar-refractivity contribution in [3.05, 3.63) is 59.9 Å². The number of nitrogens with zero attached hydrogens (tertiary/aromatic N) is 1. The maximum absolute atomic E-state index is 13.0. The van der Waals surface area contributed by atoms with E-state index in [2.05, 4.69) is 5.32 Å². The Morgan fingerprint density at radius 2 is 1.72 bits per heavy atom. The quantitative estimate of drug-likeness (QED) is 0.651. The van der Waals surface area contributed by atoms with Gasteiger partial charge >= 0.3 is 5.97 Å². The Kier molecular flexibility index (Phi) is 5.84. The number of fused-ring (bicyclic) bond motifs is 1. The van der Waals surface area contributed by atoms with Crippen LogP contribution in [-0.2, 0) is 14.3 Å². The summed E-state index contributed by atoms with van der Waals surface area (Å²) >= 11 is 0. The molecule has 0 spiro atoms. The van der Waals surface area contributed by atoms with Crippen molar-refractivity contribution in [3.8, 4) is 11.5 Å². The first-order valence-corrected chi connectivity index (χ1v) is 10.2. The Morgan fingerprint density at radius 3 is 2.31 bits per heavy atom. The van der Waals surface area contributed by atoms with E-state index in [1.54, 1.807) is 31.4 Å². The lowest BCUT2D eigenvalue weighted by Crippen LogP contribution is -2.47. The predicted octanol–water partition coefficient (Wildman–Crippen LogP) is 2.44. The third-order valence-corrected chi connectivity index (χ3v) is 5.99. The summed E-state index contributed by atoms with van der Waals surface area (Å²) in [4.78, 5) is 38.2. The normalized spacial score (nSPS) is 23.4. The van der Waals surface area contributed by atoms with Crippen molar-refractivity contribution in [2.45, 2.75) is 24.9 Å². The fraction of sp³-hybridized carbons (Fsp3) is 0.348. The summed E-state index contributed by atoms with van der Waals surface area (Å²) < 4.78 is 23.8. The van der Waals surface area contributed by atoms with Crippen LogP contribution in [0.15, 0.2) is 48.5 Å². The number of ether oxygens (including phenoxy) is 2. The lowest BCUT2D eigenvalue weighted by atomic mass is 10.0. The summed E-state index contributed by atoms with van der Waals surface area (Å²) in [7, 11) is 1.56. The van der Waals surface area contributed by atoms with E-state index in [1.165, 1.54) is 29.2 Å². The standard InChI is InChI=1S/C23H23FN2O6/c1-31-13-23-10-18(22(29)30)26(19(23)11-23)20(27)12-25-21(28)14-2-6-16(7-3-14)32-17-8-4-15(24)5-9-17/h2-9,18-19H,10-13H2,1H3,(H,25,28)(H,29,30)/t18-,19?,23-/m0/s1. The molecule has 4 rings (SSSR count). The molecule has 2 aromatic carbocycles. The van der Waals surface area contributed by atoms with Crippen molar-refractivity contribution in [1.82, 2.24) is 10.2 Å². The monoisotopic (exact) mass is 442 g/mol. The van der Waals surface area contributed by atoms with Gasteiger partial charge in [-0.3, -0.25) is 9.59 Å². The summed E-state index contributed by atoms with van der Waals surface area (Å²) in [6.07, 6.45) is 1.07. The Hall–Kier alpha value is -3.46. The van der Waals surface area contributed by atoms with E-state index in [0.717, 1.165) is 0 Å². The predicted molar refractivity (Wildman–Crippen MR) is 111 cm³/mol. The van der Waals surface area contributed by atoms with Crippen molar-refractivity contribution >= 4 is 17.8 Å². The number of likely N-dealkylation sites (tertiary alicyclic amines) is 1. The summed E-state index contributed by atoms with van der Waals surface area (Å²) in [5.41, 5.74) is 0.0262. The number of halogens is 1. The molecule has 2 aromatic rings. The largest absolute Gasteiger partial charge is 0.480 e. The number of nitrogens with one attached hydrogen (secondary N) is 1. The fourth-order valence-corrected chi connectivity index (χ4v) is 4.36. The molecule has 1 heterocycles. The third kappa shape index (κ3) is 4.29. The third-order valence-electron chi connectivity index (χ3n) is 5.99. The number of benzene rings is 2. The number of carbonyl (C=O) groups excluding carboxylic acids is 2. The van der Waals surface area contributed by atoms with Crippen LogP contribution in [0.1, 0.15) is 23.2 Å². The maximum atomic E-state index is 13.0. The van der Waals surface area contributed by atoms with Crippen LogP contribution in [0.5, 0.6) is 11.5 Å². The second kappa shape index (κ2) is 8.58. The van der Waals surface area contributed by atoms with Crippen LogP contribution >= 0.6 is 0 Å². The Morgan fingerprint density at radius 1 is 1.09 bits per heavy atom. The fourth-order valence-electron chi connectivity index (χ4n) is 4.36. The van der Waals surface area contributed by atoms with Crippen LogP contribution in [-0.4, -0.2) is 60.1 Å². The number of rotatable bonds is 8. The van der Waals surface area contributed by atoms with Gasteiger partial charge in [0.1, 0.15) is 23.4 Å². The van der Waals surface area contributed by atoms with Gasteiger partial charge in [0.15, 0.2) is 0 Å². The molecule has 1 aliphatic carbocycles. The second-order valence-electron chi connectivity index (χ2n) is 8.14. The molecule has 168 valence electrons. The minimum atomic E-state index is -1.05. The van der Waals surface area contributed by atoms with Gasteiger partial charge in [-0.2, -0.15) is 0 Å². The Balaban J connectivity index is 1.33. The first-order valence-electron chi connectivity index (χ1n) is 10.2. The van der Waals surface area contributed by atoms with E-state index in [9.17, 15) is 23.9 Å². The molecule has 1 saturated heterocycles. The second-order valence-corrected chi connectivity index (χ2v) is 8.14. The molecule has 0 bridgehead atoms. The highest BCUT2D eigenvalue weighted by atomic mass is 19.1. The molecular formula is C23H23FN2O6. The van der Waals surface area contributed by atoms with Crippen LogP contribution in [0.3, 0.4) is 0 Å². The zero-order chi connectivity index (χ0) is 22.9. The number of amides is 2. The van der Waals surface area contributed by atoms with E-state index in [1.807, 2.05) is 0 Å². The Bertz CT molecular complexity index is 1030. The zero-order valence-corrected chi connectivity index (χ0v) is 17.4. The van der Waals surface area contributed by atoms with Crippen molar-refractivity contribution in [3.63, 3.8) is 0 Å². The molecular weight excluding hydrogens is 419 g/mol. The molecule has 1 saturated carbocycles. The SMILES string of the molecule is COC[C@]12CC1N(C(=O)CNC(=O)c1ccc(Oc3ccc(F)cc3)cc1)[C@H](C(=O)O)C2. The van der Waals surface area contributed by atoms with Gasteiger partial charge in [-0.15, -0.1) is 0 Å². The van der Waals surface area contributed by atoms with Crippen LogP contribution in [0.25, 0.3) is 0 Å². The molecule has 8 nitrogen and oxygen atoms in total. The lowest BCUT2D eigenvalue weighted by Gasteiger charge is -2.24. The lowest BCUT2D eigenvalue weighted by molar-refractivity contribution is -0.149. The van der Waals surface area contributed by atoms with Gasteiger partial charge < -0.3 is 24.8 Å². The number of piperidine rings is 1. The maximum Gasteiger partial charge on any atom is 0.326 e. The first kappa shape index (κ1) is 21.8. The van der Waals surface area contributed by atoms with Crippen LogP contribution in [0, 0.1) is 11.2 Å². The van der Waals surface area contributed by atoms with E-state index in [0.29, 0.717) is 36.5 Å². The topological polar surface area (TPSA) is 105 Å². The van der Waals surface area contributed by atoms with E-state index in [-0.39, 0.29) is 23.8 Å². The average Bonchev–Trinajstić information content (AvgIpc) is 3.37. The number of aliphatic carboxylic acids is 1. The highest BCUT2D eigenvalue weighted by Crippen LogP contribution is 2.59. The molecule has 0 radical (unpaired) electrons. The molecule has 32 heavy (non-hydrogen) atoms. The van der Waals surface area contributed by atoms with Gasteiger partial charge in [-0.25, -0.2) is 9.18 Å². The van der Waals surface area contributed by atoms with Gasteiger partial charge in [0, 0.05) is 24.1 Å². The molecule has 2 fully saturated rings. The van der Waals surface area contributed by atoms with Gasteiger partial charge in [0.25, 0.3) is 5.91 Å². The van der Waals surface area contributed by atoms with Gasteiger partial charge in [-0.1, -0.05) is 0 Å². The van der Waals surface area contributed by atoms with Crippen molar-refractivity contribution < 1.29 is 33.4 Å². The Labute approximate surface area is 183 Å². The van der Waals surface area contributed by atoms with Crippen LogP contribution in [0.2, 0.25) is 0 Å². The first-order chi connectivity index (χ1) is 15.3. The van der Waals surface area contributed by atoms with Crippen LogP contribution in [0.4, 0.5) is 4.39 Å². The van der Waals surface area contributed by atoms with E-state index >= 15 is 0 Å². The van der Waals surface area contributed by atoms with E-state index in [4.69, 9.17) is 9.47 Å². The summed E-state index contributed by atoms with van der Waals surface area (Å²) in [5, 5.41) is 12.1. The smallest absolute Gasteiger partial charge is 0.326 e. The molecule has 3 atom stereocenters. The van der Waals surface area contributed by atoms with Crippen LogP contribution < -0.4 is 10.1 Å². The molecule has 1 aliphatic heterocycles. The number of carboxylic acids is 1. The number of hydrogen-bond donors (Lipinski definition) is 2. The summed E-state index contributed by atoms with van der Waals surface area (Å²) in [5.74, 6) is -1.39. The number of carbonyl (C=O) groups is 3. The summed E-state index contributed by atoms with van der Waals surface area (Å²) in [6.45, 7) is 0.111. The molecule has 1 unspecified atom stereocenters. The number of methoxy groups -OCH3 is 1. The molecule has 0 aromatic heterocycles. The minimum absolute atomic E-state index is 0.171. The minimum Gasteiger partial charge on any atom is -0.480 e. The zero-order valence-electron chi connectivity index (χ0n) is 17.4. The van der Waals surface area contributed by atoms with Crippen molar-refractivity contribution in [1.29, 1.82) is 0 Å². The molecule has 2 aliphatic rings. The molecule has 9 heteroatoms. The van der Waals surface area contributed by atoms with E-state index < -0.39 is 23.8 Å². The van der Waals surface area contributed by atoms with Gasteiger partial charge in [0.2, 0.25) is 5.91 Å².